The molecule has 0 unspecified atom stereocenters. The summed E-state index contributed by atoms with van der Waals surface area (Å²) >= 11 is 1.41. The molecule has 0 atom stereocenters. The molecular weight excluding hydrogens is 209 g/mol. The average molecular weight is 219 g/mol. The van der Waals surface area contributed by atoms with Gasteiger partial charge < -0.3 is 0 Å². The molecular formula is C12H10FNS. The normalized spacial score (nSPS) is 11.7. The van der Waals surface area contributed by atoms with Crippen LogP contribution in [0.5, 0.6) is 0 Å². The van der Waals surface area contributed by atoms with Gasteiger partial charge in [0.2, 0.25) is 0 Å². The van der Waals surface area contributed by atoms with Crippen molar-refractivity contribution in [1.82, 2.24) is 4.98 Å². The molecule has 2 rings (SSSR count). The first-order chi connectivity index (χ1) is 7.31. The number of nitrogens with zero attached hydrogens (tertiary/aromatic N) is 1. The van der Waals surface area contributed by atoms with E-state index in [9.17, 15) is 4.39 Å². The number of pyridine rings is 1. The molecule has 0 fully saturated rings. The highest BCUT2D eigenvalue weighted by atomic mass is 32.1. The Balaban J connectivity index is 2.36. The van der Waals surface area contributed by atoms with Gasteiger partial charge in [0.1, 0.15) is 5.83 Å². The lowest BCUT2D eigenvalue weighted by Gasteiger charge is -1.94. The van der Waals surface area contributed by atoms with Crippen molar-refractivity contribution in [3.8, 4) is 11.1 Å². The van der Waals surface area contributed by atoms with Crippen LogP contribution in [0.4, 0.5) is 4.39 Å². The van der Waals surface area contributed by atoms with Crippen LogP contribution in [0.1, 0.15) is 11.8 Å². The lowest BCUT2D eigenvalue weighted by molar-refractivity contribution is 0.762. The Bertz CT molecular complexity index is 473. The van der Waals surface area contributed by atoms with Crippen molar-refractivity contribution < 1.29 is 4.39 Å². The number of rotatable bonds is 2. The van der Waals surface area contributed by atoms with Crippen molar-refractivity contribution in [2.75, 3.05) is 0 Å². The van der Waals surface area contributed by atoms with Gasteiger partial charge >= 0.3 is 0 Å². The van der Waals surface area contributed by atoms with Gasteiger partial charge in [0.05, 0.1) is 4.88 Å². The van der Waals surface area contributed by atoms with E-state index in [2.05, 4.69) is 4.98 Å². The SMILES string of the molecule is C/C=C(\F)c1cc(-c2cccnc2)cs1. The largest absolute Gasteiger partial charge is 0.264 e. The predicted octanol–water partition coefficient (Wildman–Crippen LogP) is 4.14. The quantitative estimate of drug-likeness (QED) is 0.739. The van der Waals surface area contributed by atoms with Gasteiger partial charge in [0.25, 0.3) is 0 Å². The third-order valence-electron chi connectivity index (χ3n) is 2.08. The van der Waals surface area contributed by atoms with E-state index in [1.807, 2.05) is 23.6 Å². The maximum absolute atomic E-state index is 13.2. The van der Waals surface area contributed by atoms with Crippen LogP contribution in [-0.2, 0) is 0 Å². The molecule has 0 aromatic carbocycles. The summed E-state index contributed by atoms with van der Waals surface area (Å²) in [6.07, 6.45) is 4.97. The van der Waals surface area contributed by atoms with Crippen molar-refractivity contribution in [2.24, 2.45) is 0 Å². The minimum Gasteiger partial charge on any atom is -0.264 e. The van der Waals surface area contributed by atoms with Gasteiger partial charge in [-0.3, -0.25) is 4.98 Å². The Hall–Kier alpha value is -1.48. The van der Waals surface area contributed by atoms with E-state index in [1.165, 1.54) is 17.4 Å². The van der Waals surface area contributed by atoms with Gasteiger partial charge in [-0.1, -0.05) is 12.1 Å². The van der Waals surface area contributed by atoms with E-state index < -0.39 is 0 Å². The standard InChI is InChI=1S/C12H10FNS/c1-2-11(13)12-6-10(8-15-12)9-4-3-5-14-7-9/h2-8H,1H3/b11-2-. The predicted molar refractivity (Wildman–Crippen MR) is 62.3 cm³/mol. The Kier molecular flexibility index (Phi) is 2.92. The summed E-state index contributed by atoms with van der Waals surface area (Å²) in [5.41, 5.74) is 2.03. The topological polar surface area (TPSA) is 12.9 Å². The lowest BCUT2D eigenvalue weighted by Crippen LogP contribution is -1.74. The highest BCUT2D eigenvalue weighted by molar-refractivity contribution is 7.11. The molecule has 0 bridgehead atoms. The first-order valence-electron chi connectivity index (χ1n) is 4.62. The van der Waals surface area contributed by atoms with Crippen LogP contribution in [-0.4, -0.2) is 4.98 Å². The van der Waals surface area contributed by atoms with Crippen LogP contribution in [0.3, 0.4) is 0 Å². The Labute approximate surface area is 91.9 Å². The summed E-state index contributed by atoms with van der Waals surface area (Å²) < 4.78 is 13.2. The second kappa shape index (κ2) is 4.36. The van der Waals surface area contributed by atoms with E-state index in [1.54, 1.807) is 19.3 Å². The fourth-order valence-corrected chi connectivity index (χ4v) is 2.17. The molecule has 15 heavy (non-hydrogen) atoms. The maximum atomic E-state index is 13.2. The number of halogens is 1. The molecule has 76 valence electrons. The Morgan fingerprint density at radius 3 is 3.00 bits per heavy atom. The first-order valence-corrected chi connectivity index (χ1v) is 5.50. The molecule has 0 N–H and O–H groups in total. The molecule has 2 aromatic rings. The molecule has 0 saturated heterocycles. The highest BCUT2D eigenvalue weighted by Gasteiger charge is 2.05. The fourth-order valence-electron chi connectivity index (χ4n) is 1.29. The van der Waals surface area contributed by atoms with Gasteiger partial charge in [-0.25, -0.2) is 4.39 Å². The number of hydrogen-bond acceptors (Lipinski definition) is 2. The average Bonchev–Trinajstić information content (AvgIpc) is 2.78. The molecule has 0 amide bonds. The summed E-state index contributed by atoms with van der Waals surface area (Å²) in [7, 11) is 0. The van der Waals surface area contributed by atoms with Crippen molar-refractivity contribution in [2.45, 2.75) is 6.92 Å². The van der Waals surface area contributed by atoms with Gasteiger partial charge in [-0.05, 0) is 30.0 Å². The zero-order chi connectivity index (χ0) is 10.7. The van der Waals surface area contributed by atoms with E-state index >= 15 is 0 Å². The summed E-state index contributed by atoms with van der Waals surface area (Å²) in [6.45, 7) is 1.69. The fraction of sp³-hybridized carbons (Fsp3) is 0.0833. The van der Waals surface area contributed by atoms with Crippen molar-refractivity contribution in [3.05, 3.63) is 46.9 Å². The number of thiophene rings is 1. The monoisotopic (exact) mass is 219 g/mol. The van der Waals surface area contributed by atoms with Crippen LogP contribution >= 0.6 is 11.3 Å². The van der Waals surface area contributed by atoms with Crippen LogP contribution in [0.25, 0.3) is 17.0 Å². The zero-order valence-electron chi connectivity index (χ0n) is 8.27. The minimum atomic E-state index is -0.171. The molecule has 0 spiro atoms. The van der Waals surface area contributed by atoms with Gasteiger partial charge in [-0.2, -0.15) is 0 Å². The number of allylic oxidation sites excluding steroid dienone is 1. The van der Waals surface area contributed by atoms with E-state index in [-0.39, 0.29) is 5.83 Å². The number of aromatic nitrogens is 1. The third kappa shape index (κ3) is 2.13. The maximum Gasteiger partial charge on any atom is 0.136 e. The molecule has 0 aliphatic carbocycles. The van der Waals surface area contributed by atoms with Crippen molar-refractivity contribution >= 4 is 17.2 Å². The molecule has 0 aliphatic rings. The highest BCUT2D eigenvalue weighted by Crippen LogP contribution is 2.29. The van der Waals surface area contributed by atoms with E-state index in [0.29, 0.717) is 4.88 Å². The number of hydrogen-bond donors (Lipinski definition) is 0. The Morgan fingerprint density at radius 1 is 1.47 bits per heavy atom. The van der Waals surface area contributed by atoms with Crippen molar-refractivity contribution in [1.29, 1.82) is 0 Å². The van der Waals surface area contributed by atoms with Crippen LogP contribution in [0.15, 0.2) is 42.0 Å². The zero-order valence-corrected chi connectivity index (χ0v) is 9.09. The van der Waals surface area contributed by atoms with Crippen LogP contribution in [0.2, 0.25) is 0 Å². The van der Waals surface area contributed by atoms with Crippen molar-refractivity contribution in [3.63, 3.8) is 0 Å². The van der Waals surface area contributed by atoms with E-state index in [4.69, 9.17) is 0 Å². The summed E-state index contributed by atoms with van der Waals surface area (Å²) in [5, 5.41) is 1.94. The first kappa shape index (κ1) is 10.1. The van der Waals surface area contributed by atoms with Crippen LogP contribution < -0.4 is 0 Å². The molecule has 0 aliphatic heterocycles. The minimum absolute atomic E-state index is 0.171. The summed E-state index contributed by atoms with van der Waals surface area (Å²) in [5.74, 6) is -0.171. The third-order valence-corrected chi connectivity index (χ3v) is 3.02. The molecule has 0 saturated carbocycles. The molecule has 3 heteroatoms. The Morgan fingerprint density at radius 2 is 2.33 bits per heavy atom. The van der Waals surface area contributed by atoms with Crippen LogP contribution in [0, 0.1) is 0 Å². The van der Waals surface area contributed by atoms with E-state index in [0.717, 1.165) is 11.1 Å². The smallest absolute Gasteiger partial charge is 0.136 e. The molecule has 0 radical (unpaired) electrons. The molecule has 2 aromatic heterocycles. The van der Waals surface area contributed by atoms with Gasteiger partial charge in [0, 0.05) is 18.0 Å². The second-order valence-corrected chi connectivity index (χ2v) is 3.99. The summed E-state index contributed by atoms with van der Waals surface area (Å²) in [4.78, 5) is 4.69. The van der Waals surface area contributed by atoms with Gasteiger partial charge in [-0.15, -0.1) is 11.3 Å². The summed E-state index contributed by atoms with van der Waals surface area (Å²) in [6, 6.07) is 5.68. The van der Waals surface area contributed by atoms with Gasteiger partial charge in [0.15, 0.2) is 0 Å². The second-order valence-electron chi connectivity index (χ2n) is 3.08. The molecule has 1 nitrogen and oxygen atoms in total. The lowest BCUT2D eigenvalue weighted by atomic mass is 10.1. The molecule has 2 heterocycles.